The molecule has 0 aliphatic carbocycles. The number of aromatic nitrogens is 1. The zero-order valence-corrected chi connectivity index (χ0v) is 11.9. The molecule has 0 aliphatic rings. The summed E-state index contributed by atoms with van der Waals surface area (Å²) < 4.78 is 0. The standard InChI is InChI=1S/C20H13NO/c22-13-16-12-15-7-2-4-10-18(15)20(21-16)19-11-5-8-14-6-1-3-9-17(14)19/h1-13H. The van der Waals surface area contributed by atoms with Crippen LogP contribution in [0.2, 0.25) is 0 Å². The van der Waals surface area contributed by atoms with Gasteiger partial charge in [-0.2, -0.15) is 0 Å². The SMILES string of the molecule is O=Cc1cc2ccccc2c(-c2cccc3ccccc23)n1. The molecule has 0 saturated carbocycles. The van der Waals surface area contributed by atoms with E-state index < -0.39 is 0 Å². The summed E-state index contributed by atoms with van der Waals surface area (Å²) in [6.45, 7) is 0. The molecule has 0 radical (unpaired) electrons. The van der Waals surface area contributed by atoms with Crippen LogP contribution in [0.25, 0.3) is 32.8 Å². The lowest BCUT2D eigenvalue weighted by atomic mass is 9.98. The Hall–Kier alpha value is -3.00. The van der Waals surface area contributed by atoms with Gasteiger partial charge in [-0.15, -0.1) is 0 Å². The fourth-order valence-corrected chi connectivity index (χ4v) is 2.92. The highest BCUT2D eigenvalue weighted by molar-refractivity contribution is 6.04. The number of aldehydes is 1. The van der Waals surface area contributed by atoms with Gasteiger partial charge in [-0.25, -0.2) is 4.98 Å². The number of benzene rings is 3. The fourth-order valence-electron chi connectivity index (χ4n) is 2.92. The van der Waals surface area contributed by atoms with E-state index in [9.17, 15) is 4.79 Å². The Morgan fingerprint density at radius 2 is 1.41 bits per heavy atom. The largest absolute Gasteiger partial charge is 0.296 e. The van der Waals surface area contributed by atoms with Crippen LogP contribution in [0, 0.1) is 0 Å². The summed E-state index contributed by atoms with van der Waals surface area (Å²) in [6.07, 6.45) is 0.807. The molecule has 3 aromatic carbocycles. The number of nitrogens with zero attached hydrogens (tertiary/aromatic N) is 1. The summed E-state index contributed by atoms with van der Waals surface area (Å²) in [5.41, 5.74) is 2.37. The first-order chi connectivity index (χ1) is 10.9. The third kappa shape index (κ3) is 1.97. The first kappa shape index (κ1) is 12.7. The van der Waals surface area contributed by atoms with Crippen LogP contribution >= 0.6 is 0 Å². The molecule has 0 bridgehead atoms. The molecule has 104 valence electrons. The van der Waals surface area contributed by atoms with Crippen molar-refractivity contribution in [3.63, 3.8) is 0 Å². The molecule has 0 aliphatic heterocycles. The Bertz CT molecular complexity index is 999. The minimum absolute atomic E-state index is 0.460. The molecule has 0 fully saturated rings. The number of pyridine rings is 1. The topological polar surface area (TPSA) is 30.0 Å². The summed E-state index contributed by atoms with van der Waals surface area (Å²) >= 11 is 0. The zero-order chi connectivity index (χ0) is 14.9. The van der Waals surface area contributed by atoms with E-state index in [1.165, 1.54) is 5.39 Å². The minimum atomic E-state index is 0.460. The van der Waals surface area contributed by atoms with E-state index in [-0.39, 0.29) is 0 Å². The first-order valence-corrected chi connectivity index (χ1v) is 7.20. The lowest BCUT2D eigenvalue weighted by molar-refractivity contribution is 0.111. The van der Waals surface area contributed by atoms with Crippen LogP contribution in [-0.2, 0) is 0 Å². The third-order valence-electron chi connectivity index (χ3n) is 3.93. The summed E-state index contributed by atoms with van der Waals surface area (Å²) in [5.74, 6) is 0. The van der Waals surface area contributed by atoms with Crippen molar-refractivity contribution in [3.05, 3.63) is 78.5 Å². The van der Waals surface area contributed by atoms with Crippen molar-refractivity contribution in [1.29, 1.82) is 0 Å². The van der Waals surface area contributed by atoms with Crippen molar-refractivity contribution in [1.82, 2.24) is 4.98 Å². The van der Waals surface area contributed by atoms with E-state index in [0.717, 1.165) is 33.7 Å². The summed E-state index contributed by atoms with van der Waals surface area (Å²) in [4.78, 5) is 15.8. The van der Waals surface area contributed by atoms with Gasteiger partial charge in [0.25, 0.3) is 0 Å². The second-order valence-electron chi connectivity index (χ2n) is 5.26. The second kappa shape index (κ2) is 5.08. The van der Waals surface area contributed by atoms with Crippen LogP contribution in [0.4, 0.5) is 0 Å². The average molecular weight is 283 g/mol. The van der Waals surface area contributed by atoms with Crippen LogP contribution in [0.1, 0.15) is 10.5 Å². The molecule has 4 aromatic rings. The van der Waals surface area contributed by atoms with Gasteiger partial charge in [0.2, 0.25) is 0 Å². The van der Waals surface area contributed by atoms with Crippen LogP contribution in [0.15, 0.2) is 72.8 Å². The summed E-state index contributed by atoms with van der Waals surface area (Å²) in [5, 5.41) is 4.40. The van der Waals surface area contributed by atoms with Gasteiger partial charge in [-0.1, -0.05) is 66.7 Å². The van der Waals surface area contributed by atoms with E-state index in [2.05, 4.69) is 29.2 Å². The molecule has 0 saturated heterocycles. The predicted molar refractivity (Wildman–Crippen MR) is 90.1 cm³/mol. The molecule has 0 amide bonds. The number of fused-ring (bicyclic) bond motifs is 2. The molecule has 4 rings (SSSR count). The number of carbonyl (C=O) groups is 1. The normalized spacial score (nSPS) is 10.9. The number of rotatable bonds is 2. The van der Waals surface area contributed by atoms with Gasteiger partial charge in [-0.3, -0.25) is 4.79 Å². The van der Waals surface area contributed by atoms with Crippen LogP contribution in [0.3, 0.4) is 0 Å². The van der Waals surface area contributed by atoms with Crippen molar-refractivity contribution < 1.29 is 4.79 Å². The number of carbonyl (C=O) groups excluding carboxylic acids is 1. The van der Waals surface area contributed by atoms with Crippen molar-refractivity contribution >= 4 is 27.8 Å². The Morgan fingerprint density at radius 1 is 0.727 bits per heavy atom. The minimum Gasteiger partial charge on any atom is -0.296 e. The van der Waals surface area contributed by atoms with Crippen LogP contribution in [-0.4, -0.2) is 11.3 Å². The Labute approximate surface area is 128 Å². The van der Waals surface area contributed by atoms with Gasteiger partial charge in [0.15, 0.2) is 6.29 Å². The molecular weight excluding hydrogens is 270 g/mol. The zero-order valence-electron chi connectivity index (χ0n) is 11.9. The van der Waals surface area contributed by atoms with E-state index in [4.69, 9.17) is 0 Å². The Balaban J connectivity index is 2.14. The molecule has 1 heterocycles. The Kier molecular flexibility index (Phi) is 2.94. The predicted octanol–water partition coefficient (Wildman–Crippen LogP) is 4.87. The third-order valence-corrected chi connectivity index (χ3v) is 3.93. The molecule has 0 atom stereocenters. The summed E-state index contributed by atoms with van der Waals surface area (Å²) in [6, 6.07) is 24.3. The maximum atomic E-state index is 11.2. The number of hydrogen-bond donors (Lipinski definition) is 0. The highest BCUT2D eigenvalue weighted by Gasteiger charge is 2.10. The van der Waals surface area contributed by atoms with Gasteiger partial charge in [0, 0.05) is 10.9 Å². The van der Waals surface area contributed by atoms with Crippen LogP contribution < -0.4 is 0 Å². The van der Waals surface area contributed by atoms with Gasteiger partial charge in [0.05, 0.1) is 5.69 Å². The molecule has 2 heteroatoms. The van der Waals surface area contributed by atoms with Crippen LogP contribution in [0.5, 0.6) is 0 Å². The van der Waals surface area contributed by atoms with Gasteiger partial charge in [0.1, 0.15) is 5.69 Å². The van der Waals surface area contributed by atoms with E-state index >= 15 is 0 Å². The lowest BCUT2D eigenvalue weighted by Gasteiger charge is -2.10. The highest BCUT2D eigenvalue weighted by atomic mass is 16.1. The second-order valence-corrected chi connectivity index (χ2v) is 5.26. The van der Waals surface area contributed by atoms with Gasteiger partial charge >= 0.3 is 0 Å². The maximum Gasteiger partial charge on any atom is 0.168 e. The summed E-state index contributed by atoms with van der Waals surface area (Å²) in [7, 11) is 0. The molecule has 0 N–H and O–H groups in total. The number of hydrogen-bond acceptors (Lipinski definition) is 2. The highest BCUT2D eigenvalue weighted by Crippen LogP contribution is 2.32. The van der Waals surface area contributed by atoms with Crippen molar-refractivity contribution in [3.8, 4) is 11.3 Å². The molecule has 2 nitrogen and oxygen atoms in total. The average Bonchev–Trinajstić information content (AvgIpc) is 2.60. The van der Waals surface area contributed by atoms with Crippen molar-refractivity contribution in [2.24, 2.45) is 0 Å². The molecule has 1 aromatic heterocycles. The van der Waals surface area contributed by atoms with Crippen molar-refractivity contribution in [2.75, 3.05) is 0 Å². The van der Waals surface area contributed by atoms with Gasteiger partial charge < -0.3 is 0 Å². The van der Waals surface area contributed by atoms with Gasteiger partial charge in [-0.05, 0) is 22.2 Å². The van der Waals surface area contributed by atoms with Crippen molar-refractivity contribution in [2.45, 2.75) is 0 Å². The maximum absolute atomic E-state index is 11.2. The van der Waals surface area contributed by atoms with E-state index in [1.807, 2.05) is 48.5 Å². The molecule has 0 spiro atoms. The lowest BCUT2D eigenvalue weighted by Crippen LogP contribution is -1.93. The van der Waals surface area contributed by atoms with E-state index in [1.54, 1.807) is 0 Å². The molecular formula is C20H13NO. The quantitative estimate of drug-likeness (QED) is 0.491. The monoisotopic (exact) mass is 283 g/mol. The fraction of sp³-hybridized carbons (Fsp3) is 0. The smallest absolute Gasteiger partial charge is 0.168 e. The first-order valence-electron chi connectivity index (χ1n) is 7.20. The Morgan fingerprint density at radius 3 is 2.23 bits per heavy atom. The van der Waals surface area contributed by atoms with E-state index in [0.29, 0.717) is 5.69 Å². The molecule has 0 unspecified atom stereocenters. The molecule has 22 heavy (non-hydrogen) atoms.